The van der Waals surface area contributed by atoms with Crippen molar-refractivity contribution in [3.05, 3.63) is 56.7 Å². The van der Waals surface area contributed by atoms with Crippen molar-refractivity contribution in [2.24, 2.45) is 17.1 Å². The van der Waals surface area contributed by atoms with Gasteiger partial charge in [0.05, 0.1) is 33.5 Å². The average molecular weight is 410 g/mol. The Bertz CT molecular complexity index is 1040. The van der Waals surface area contributed by atoms with Crippen LogP contribution in [-0.4, -0.2) is 24.0 Å². The first-order valence-electron chi connectivity index (χ1n) is 9.01. The van der Waals surface area contributed by atoms with Gasteiger partial charge in [0.2, 0.25) is 0 Å². The molecule has 0 unspecified atom stereocenters. The highest BCUT2D eigenvalue weighted by Gasteiger charge is 2.58. The number of hydrogen-bond donors (Lipinski definition) is 1. The van der Waals surface area contributed by atoms with Crippen LogP contribution >= 0.6 is 23.2 Å². The number of hydrogen-bond acceptors (Lipinski definition) is 5. The third kappa shape index (κ3) is 2.33. The second kappa shape index (κ2) is 6.54. The fourth-order valence-corrected chi connectivity index (χ4v) is 5.47. The molecule has 0 amide bonds. The SMILES string of the molecule is CN1[C@@H]2CC[C@@H]1C=C1C(C#N)=C(N)C(C#N)(C#N)[C@@H](c3ccc(Cl)c(Cl)c3)[C@H]12. The van der Waals surface area contributed by atoms with Gasteiger partial charge in [-0.05, 0) is 43.2 Å². The van der Waals surface area contributed by atoms with E-state index < -0.39 is 11.3 Å². The van der Waals surface area contributed by atoms with Gasteiger partial charge < -0.3 is 5.73 Å². The summed E-state index contributed by atoms with van der Waals surface area (Å²) in [5, 5.41) is 30.8. The normalized spacial score (nSPS) is 30.6. The van der Waals surface area contributed by atoms with Gasteiger partial charge in [0.25, 0.3) is 0 Å². The quantitative estimate of drug-likeness (QED) is 0.757. The molecular weight excluding hydrogens is 393 g/mol. The van der Waals surface area contributed by atoms with Gasteiger partial charge in [-0.2, -0.15) is 15.8 Å². The number of likely N-dealkylation sites (N-methyl/N-ethyl adjacent to an activating group) is 1. The van der Waals surface area contributed by atoms with Crippen LogP contribution in [0.25, 0.3) is 0 Å². The molecule has 2 aliphatic heterocycles. The van der Waals surface area contributed by atoms with Crippen molar-refractivity contribution < 1.29 is 0 Å². The first-order valence-corrected chi connectivity index (χ1v) is 9.77. The number of nitrogens with zero attached hydrogens (tertiary/aromatic N) is 4. The lowest BCUT2D eigenvalue weighted by molar-refractivity contribution is 0.160. The Balaban J connectivity index is 2.05. The molecule has 1 aromatic rings. The van der Waals surface area contributed by atoms with Crippen LogP contribution in [0.2, 0.25) is 10.0 Å². The van der Waals surface area contributed by atoms with Gasteiger partial charge in [0.15, 0.2) is 5.41 Å². The molecule has 0 aromatic heterocycles. The second-order valence-corrected chi connectivity index (χ2v) is 8.42. The van der Waals surface area contributed by atoms with Gasteiger partial charge in [-0.15, -0.1) is 0 Å². The molecule has 5 nitrogen and oxygen atoms in total. The lowest BCUT2D eigenvalue weighted by atomic mass is 9.56. The lowest BCUT2D eigenvalue weighted by Crippen LogP contribution is -2.51. The third-order valence-corrected chi connectivity index (χ3v) is 7.26. The van der Waals surface area contributed by atoms with E-state index in [1.54, 1.807) is 18.2 Å². The summed E-state index contributed by atoms with van der Waals surface area (Å²) < 4.78 is 0. The first kappa shape index (κ1) is 18.9. The zero-order valence-electron chi connectivity index (χ0n) is 15.2. The van der Waals surface area contributed by atoms with Crippen molar-refractivity contribution in [3.8, 4) is 18.2 Å². The van der Waals surface area contributed by atoms with E-state index in [4.69, 9.17) is 28.9 Å². The smallest absolute Gasteiger partial charge is 0.191 e. The Morgan fingerprint density at radius 3 is 2.46 bits per heavy atom. The number of benzene rings is 1. The summed E-state index contributed by atoms with van der Waals surface area (Å²) in [5.41, 5.74) is 6.57. The molecule has 3 aliphatic rings. The maximum atomic E-state index is 10.1. The Morgan fingerprint density at radius 1 is 1.14 bits per heavy atom. The number of rotatable bonds is 1. The molecule has 2 heterocycles. The fourth-order valence-electron chi connectivity index (χ4n) is 5.17. The maximum Gasteiger partial charge on any atom is 0.191 e. The zero-order valence-corrected chi connectivity index (χ0v) is 16.7. The molecule has 0 radical (unpaired) electrons. The van der Waals surface area contributed by atoms with E-state index in [-0.39, 0.29) is 29.3 Å². The molecule has 28 heavy (non-hydrogen) atoms. The van der Waals surface area contributed by atoms with Crippen LogP contribution in [0.5, 0.6) is 0 Å². The molecule has 0 saturated carbocycles. The summed E-state index contributed by atoms with van der Waals surface area (Å²) in [4.78, 5) is 2.27. The Labute approximate surface area is 173 Å². The molecule has 140 valence electrons. The lowest BCUT2D eigenvalue weighted by Gasteiger charge is -2.48. The highest BCUT2D eigenvalue weighted by atomic mass is 35.5. The minimum Gasteiger partial charge on any atom is -0.399 e. The van der Waals surface area contributed by atoms with Crippen LogP contribution in [0.15, 0.2) is 41.1 Å². The highest BCUT2D eigenvalue weighted by Crippen LogP contribution is 2.58. The first-order chi connectivity index (χ1) is 13.4. The molecule has 1 fully saturated rings. The largest absolute Gasteiger partial charge is 0.399 e. The van der Waals surface area contributed by atoms with Crippen LogP contribution in [0, 0.1) is 45.3 Å². The maximum absolute atomic E-state index is 10.1. The van der Waals surface area contributed by atoms with Crippen molar-refractivity contribution in [1.82, 2.24) is 4.90 Å². The molecular formula is C21H17Cl2N5. The summed E-state index contributed by atoms with van der Waals surface area (Å²) in [6, 6.07) is 12.0. The summed E-state index contributed by atoms with van der Waals surface area (Å²) in [7, 11) is 2.05. The van der Waals surface area contributed by atoms with E-state index in [0.717, 1.165) is 24.0 Å². The van der Waals surface area contributed by atoms with Crippen LogP contribution in [-0.2, 0) is 0 Å². The van der Waals surface area contributed by atoms with Crippen molar-refractivity contribution in [2.45, 2.75) is 30.8 Å². The van der Waals surface area contributed by atoms with Gasteiger partial charge in [-0.1, -0.05) is 35.3 Å². The van der Waals surface area contributed by atoms with Gasteiger partial charge in [-0.25, -0.2) is 0 Å². The van der Waals surface area contributed by atoms with E-state index in [0.29, 0.717) is 10.0 Å². The third-order valence-electron chi connectivity index (χ3n) is 6.53. The highest BCUT2D eigenvalue weighted by molar-refractivity contribution is 6.42. The summed E-state index contributed by atoms with van der Waals surface area (Å²) in [6.45, 7) is 0. The molecule has 0 spiro atoms. The van der Waals surface area contributed by atoms with Crippen LogP contribution in [0.4, 0.5) is 0 Å². The fraction of sp³-hybridized carbons (Fsp3) is 0.381. The van der Waals surface area contributed by atoms with Crippen LogP contribution < -0.4 is 5.73 Å². The molecule has 1 aromatic carbocycles. The van der Waals surface area contributed by atoms with Crippen molar-refractivity contribution in [2.75, 3.05) is 7.05 Å². The topological polar surface area (TPSA) is 101 Å². The minimum atomic E-state index is -1.65. The van der Waals surface area contributed by atoms with Crippen LogP contribution in [0.3, 0.4) is 0 Å². The predicted octanol–water partition coefficient (Wildman–Crippen LogP) is 3.88. The molecule has 1 saturated heterocycles. The zero-order chi connectivity index (χ0) is 20.2. The molecule has 4 rings (SSSR count). The number of nitrogens with two attached hydrogens (primary N) is 1. The van der Waals surface area contributed by atoms with E-state index in [2.05, 4.69) is 36.2 Å². The number of nitriles is 3. The van der Waals surface area contributed by atoms with E-state index in [1.165, 1.54) is 0 Å². The van der Waals surface area contributed by atoms with Gasteiger partial charge in [0.1, 0.15) is 6.07 Å². The average Bonchev–Trinajstić information content (AvgIpc) is 2.93. The van der Waals surface area contributed by atoms with Gasteiger partial charge >= 0.3 is 0 Å². The monoisotopic (exact) mass is 409 g/mol. The Morgan fingerprint density at radius 2 is 1.86 bits per heavy atom. The van der Waals surface area contributed by atoms with E-state index in [9.17, 15) is 15.8 Å². The van der Waals surface area contributed by atoms with E-state index >= 15 is 0 Å². The van der Waals surface area contributed by atoms with Gasteiger partial charge in [-0.3, -0.25) is 4.90 Å². The van der Waals surface area contributed by atoms with E-state index in [1.807, 2.05) is 0 Å². The van der Waals surface area contributed by atoms with Gasteiger partial charge in [0, 0.05) is 23.9 Å². The number of fused-ring (bicyclic) bond motifs is 4. The molecule has 7 heteroatoms. The molecule has 2 bridgehead atoms. The predicted molar refractivity (Wildman–Crippen MR) is 106 cm³/mol. The second-order valence-electron chi connectivity index (χ2n) is 7.61. The summed E-state index contributed by atoms with van der Waals surface area (Å²) in [5.74, 6) is -0.755. The van der Waals surface area contributed by atoms with Crippen molar-refractivity contribution in [3.63, 3.8) is 0 Å². The summed E-state index contributed by atoms with van der Waals surface area (Å²) in [6.07, 6.45) is 3.98. The minimum absolute atomic E-state index is 0.0301. The summed E-state index contributed by atoms with van der Waals surface area (Å²) >= 11 is 12.4. The number of allylic oxidation sites excluding steroid dienone is 2. The Hall–Kier alpha value is -2.49. The Kier molecular flexibility index (Phi) is 4.40. The molecule has 4 atom stereocenters. The van der Waals surface area contributed by atoms with Crippen molar-refractivity contribution >= 4 is 23.2 Å². The molecule has 1 aliphatic carbocycles. The van der Waals surface area contributed by atoms with Crippen LogP contribution in [0.1, 0.15) is 24.3 Å². The molecule has 2 N–H and O–H groups in total. The van der Waals surface area contributed by atoms with Crippen molar-refractivity contribution in [1.29, 1.82) is 15.8 Å². The number of halogens is 2. The standard InChI is InChI=1S/C21H17Cl2N5/c1-28-12-3-5-17(28)18-13(7-12)14(8-24)20(27)21(9-25,10-26)19(18)11-2-4-15(22)16(23)6-11/h2,4,6-7,12,17-19H,3,5,27H2,1H3/t12-,17-,18-,19+/m1/s1.